The summed E-state index contributed by atoms with van der Waals surface area (Å²) in [6.07, 6.45) is -2.43. The van der Waals surface area contributed by atoms with E-state index in [-0.39, 0.29) is 6.54 Å². The van der Waals surface area contributed by atoms with Crippen molar-refractivity contribution in [3.05, 3.63) is 35.9 Å². The molecule has 1 rings (SSSR count). The molecule has 1 aromatic rings. The molecule has 0 spiro atoms. The first-order chi connectivity index (χ1) is 7.70. The first kappa shape index (κ1) is 13.1. The van der Waals surface area contributed by atoms with Crippen LogP contribution < -0.4 is 5.32 Å². The summed E-state index contributed by atoms with van der Waals surface area (Å²) >= 11 is 0. The maximum atomic E-state index is 11.9. The molecule has 0 bridgehead atoms. The van der Waals surface area contributed by atoms with E-state index >= 15 is 0 Å². The summed E-state index contributed by atoms with van der Waals surface area (Å²) < 4.78 is 23.8. The van der Waals surface area contributed by atoms with E-state index in [1.165, 1.54) is 5.56 Å². The highest BCUT2D eigenvalue weighted by atomic mass is 19.3. The molecule has 1 atom stereocenters. The Bertz CT molecular complexity index is 280. The molecule has 0 fully saturated rings. The molecule has 0 radical (unpaired) electrons. The van der Waals surface area contributed by atoms with Crippen molar-refractivity contribution in [1.29, 1.82) is 0 Å². The van der Waals surface area contributed by atoms with Gasteiger partial charge >= 0.3 is 0 Å². The van der Waals surface area contributed by atoms with Crippen LogP contribution in [0, 0.1) is 0 Å². The largest absolute Gasteiger partial charge is 0.386 e. The number of alkyl halides is 2. The fraction of sp³-hybridized carbons (Fsp3) is 0.500. The molecule has 0 saturated heterocycles. The summed E-state index contributed by atoms with van der Waals surface area (Å²) in [4.78, 5) is 0. The van der Waals surface area contributed by atoms with Gasteiger partial charge in [-0.3, -0.25) is 0 Å². The summed E-state index contributed by atoms with van der Waals surface area (Å²) in [5.41, 5.74) is 1.23. The fourth-order valence-electron chi connectivity index (χ4n) is 1.40. The Kier molecular flexibility index (Phi) is 5.96. The molecule has 0 saturated carbocycles. The van der Waals surface area contributed by atoms with Gasteiger partial charge in [-0.2, -0.15) is 0 Å². The molecule has 90 valence electrons. The number of hydrogen-bond donors (Lipinski definition) is 2. The monoisotopic (exact) mass is 229 g/mol. The van der Waals surface area contributed by atoms with Crippen LogP contribution in [-0.2, 0) is 6.42 Å². The first-order valence-electron chi connectivity index (χ1n) is 5.41. The summed E-state index contributed by atoms with van der Waals surface area (Å²) in [7, 11) is 0. The minimum absolute atomic E-state index is 0.0492. The number of rotatable bonds is 7. The predicted octanol–water partition coefficient (Wildman–Crippen LogP) is 1.83. The predicted molar refractivity (Wildman–Crippen MR) is 59.6 cm³/mol. The van der Waals surface area contributed by atoms with Crippen LogP contribution in [-0.4, -0.2) is 30.7 Å². The summed E-state index contributed by atoms with van der Waals surface area (Å²) in [6, 6.07) is 9.98. The third-order valence-corrected chi connectivity index (χ3v) is 2.31. The molecule has 2 nitrogen and oxygen atoms in total. The van der Waals surface area contributed by atoms with Crippen LogP contribution in [0.5, 0.6) is 0 Å². The van der Waals surface area contributed by atoms with E-state index in [4.69, 9.17) is 5.11 Å². The zero-order valence-corrected chi connectivity index (χ0v) is 9.07. The molecule has 0 amide bonds. The maximum Gasteiger partial charge on any atom is 0.265 e. The zero-order valence-electron chi connectivity index (χ0n) is 9.07. The topological polar surface area (TPSA) is 32.3 Å². The van der Waals surface area contributed by atoms with E-state index < -0.39 is 12.5 Å². The van der Waals surface area contributed by atoms with E-state index in [1.54, 1.807) is 0 Å². The van der Waals surface area contributed by atoms with Crippen molar-refractivity contribution in [1.82, 2.24) is 5.32 Å². The second kappa shape index (κ2) is 7.30. The zero-order chi connectivity index (χ0) is 11.8. The van der Waals surface area contributed by atoms with Crippen molar-refractivity contribution in [2.45, 2.75) is 25.4 Å². The van der Waals surface area contributed by atoms with E-state index in [1.807, 2.05) is 30.3 Å². The van der Waals surface area contributed by atoms with E-state index in [0.717, 1.165) is 12.8 Å². The molecule has 0 heterocycles. The third kappa shape index (κ3) is 5.19. The summed E-state index contributed by atoms with van der Waals surface area (Å²) in [5, 5.41) is 11.6. The lowest BCUT2D eigenvalue weighted by Crippen LogP contribution is -2.32. The molecule has 16 heavy (non-hydrogen) atoms. The van der Waals surface area contributed by atoms with Gasteiger partial charge < -0.3 is 10.4 Å². The Morgan fingerprint density at radius 3 is 2.50 bits per heavy atom. The average molecular weight is 229 g/mol. The lowest BCUT2D eigenvalue weighted by atomic mass is 10.1. The van der Waals surface area contributed by atoms with Crippen LogP contribution in [0.25, 0.3) is 0 Å². The van der Waals surface area contributed by atoms with Crippen molar-refractivity contribution in [3.63, 3.8) is 0 Å². The number of halogens is 2. The van der Waals surface area contributed by atoms with Gasteiger partial charge in [0, 0.05) is 6.54 Å². The molecule has 0 aliphatic carbocycles. The van der Waals surface area contributed by atoms with Gasteiger partial charge in [-0.05, 0) is 24.9 Å². The Balaban J connectivity index is 2.04. The van der Waals surface area contributed by atoms with Gasteiger partial charge in [-0.1, -0.05) is 30.3 Å². The lowest BCUT2D eigenvalue weighted by molar-refractivity contribution is -0.00315. The van der Waals surface area contributed by atoms with Crippen LogP contribution in [0.2, 0.25) is 0 Å². The highest BCUT2D eigenvalue weighted by molar-refractivity contribution is 5.14. The van der Waals surface area contributed by atoms with Crippen LogP contribution in [0.1, 0.15) is 12.0 Å². The second-order valence-corrected chi connectivity index (χ2v) is 3.70. The van der Waals surface area contributed by atoms with Crippen molar-refractivity contribution < 1.29 is 13.9 Å². The summed E-state index contributed by atoms with van der Waals surface area (Å²) in [6.45, 7) is 0.588. The maximum absolute atomic E-state index is 11.9. The Morgan fingerprint density at radius 1 is 1.19 bits per heavy atom. The van der Waals surface area contributed by atoms with Gasteiger partial charge in [0.2, 0.25) is 0 Å². The number of hydrogen-bond acceptors (Lipinski definition) is 2. The molecule has 0 aliphatic rings. The molecule has 2 N–H and O–H groups in total. The van der Waals surface area contributed by atoms with Crippen LogP contribution in [0.3, 0.4) is 0 Å². The fourth-order valence-corrected chi connectivity index (χ4v) is 1.40. The van der Waals surface area contributed by atoms with Crippen LogP contribution >= 0.6 is 0 Å². The molecule has 4 heteroatoms. The highest BCUT2D eigenvalue weighted by Gasteiger charge is 2.15. The number of aryl methyl sites for hydroxylation is 1. The normalized spacial score (nSPS) is 13.0. The highest BCUT2D eigenvalue weighted by Crippen LogP contribution is 2.02. The standard InChI is InChI=1S/C12H17F2NO/c13-12(14)11(16)9-15-8-4-7-10-5-2-1-3-6-10/h1-3,5-6,11-12,15-16H,4,7-9H2. The average Bonchev–Trinajstić information content (AvgIpc) is 2.29. The Morgan fingerprint density at radius 2 is 1.88 bits per heavy atom. The van der Waals surface area contributed by atoms with Gasteiger partial charge in [0.1, 0.15) is 6.10 Å². The number of nitrogens with one attached hydrogen (secondary N) is 1. The molecular weight excluding hydrogens is 212 g/mol. The van der Waals surface area contributed by atoms with Crippen molar-refractivity contribution >= 4 is 0 Å². The van der Waals surface area contributed by atoms with E-state index in [2.05, 4.69) is 5.32 Å². The first-order valence-corrected chi connectivity index (χ1v) is 5.41. The van der Waals surface area contributed by atoms with Gasteiger partial charge in [0.15, 0.2) is 0 Å². The molecule has 0 aromatic heterocycles. The molecule has 0 aliphatic heterocycles. The molecule has 1 aromatic carbocycles. The Labute approximate surface area is 94.3 Å². The van der Waals surface area contributed by atoms with Crippen molar-refractivity contribution in [2.75, 3.05) is 13.1 Å². The molecule has 1 unspecified atom stereocenters. The smallest absolute Gasteiger partial charge is 0.265 e. The van der Waals surface area contributed by atoms with E-state index in [9.17, 15) is 8.78 Å². The number of aliphatic hydroxyl groups is 1. The lowest BCUT2D eigenvalue weighted by Gasteiger charge is -2.10. The minimum Gasteiger partial charge on any atom is -0.386 e. The minimum atomic E-state index is -2.67. The third-order valence-electron chi connectivity index (χ3n) is 2.31. The number of aliphatic hydroxyl groups excluding tert-OH is 1. The molecular formula is C12H17F2NO. The van der Waals surface area contributed by atoms with Gasteiger partial charge in [0.05, 0.1) is 0 Å². The SMILES string of the molecule is OC(CNCCCc1ccccc1)C(F)F. The summed E-state index contributed by atoms with van der Waals surface area (Å²) in [5.74, 6) is 0. The van der Waals surface area contributed by atoms with Crippen LogP contribution in [0.4, 0.5) is 8.78 Å². The Hall–Kier alpha value is -1.00. The second-order valence-electron chi connectivity index (χ2n) is 3.70. The van der Waals surface area contributed by atoms with Crippen molar-refractivity contribution in [2.24, 2.45) is 0 Å². The van der Waals surface area contributed by atoms with Gasteiger partial charge in [-0.15, -0.1) is 0 Å². The van der Waals surface area contributed by atoms with Crippen LogP contribution in [0.15, 0.2) is 30.3 Å². The van der Waals surface area contributed by atoms with E-state index in [0.29, 0.717) is 6.54 Å². The van der Waals surface area contributed by atoms with Crippen molar-refractivity contribution in [3.8, 4) is 0 Å². The number of benzene rings is 1. The van der Waals surface area contributed by atoms with Gasteiger partial charge in [0.25, 0.3) is 6.43 Å². The van der Waals surface area contributed by atoms with Gasteiger partial charge in [-0.25, -0.2) is 8.78 Å². The quantitative estimate of drug-likeness (QED) is 0.699.